The Morgan fingerprint density at radius 2 is 1.68 bits per heavy atom. The van der Waals surface area contributed by atoms with Gasteiger partial charge in [-0.05, 0) is 30.0 Å². The molecular formula is C18H24O4. The largest absolute Gasteiger partial charge is 0.421 e. The highest BCUT2D eigenvalue weighted by Gasteiger charge is 2.20. The normalized spacial score (nSPS) is 11.4. The van der Waals surface area contributed by atoms with Crippen molar-refractivity contribution in [3.05, 3.63) is 41.0 Å². The van der Waals surface area contributed by atoms with Gasteiger partial charge in [-0.25, -0.2) is 0 Å². The molecule has 0 aromatic heterocycles. The molecule has 0 radical (unpaired) electrons. The summed E-state index contributed by atoms with van der Waals surface area (Å²) in [7, 11) is 0. The van der Waals surface area contributed by atoms with Crippen LogP contribution in [-0.4, -0.2) is 18.2 Å². The van der Waals surface area contributed by atoms with Crippen LogP contribution in [-0.2, 0) is 25.5 Å². The van der Waals surface area contributed by atoms with Crippen molar-refractivity contribution in [1.82, 2.24) is 0 Å². The number of benzene rings is 1. The molecule has 0 unspecified atom stereocenters. The molecule has 0 aliphatic carbocycles. The number of ether oxygens (including phenoxy) is 2. The van der Waals surface area contributed by atoms with Crippen LogP contribution in [0.25, 0.3) is 6.08 Å². The van der Waals surface area contributed by atoms with Crippen molar-refractivity contribution in [3.63, 3.8) is 0 Å². The second-order valence-corrected chi connectivity index (χ2v) is 5.07. The monoisotopic (exact) mass is 304 g/mol. The van der Waals surface area contributed by atoms with E-state index in [-0.39, 0.29) is 0 Å². The maximum Gasteiger partial charge on any atom is 0.305 e. The van der Waals surface area contributed by atoms with Crippen LogP contribution in [0.1, 0.15) is 51.7 Å². The quantitative estimate of drug-likeness (QED) is 0.566. The zero-order valence-electron chi connectivity index (χ0n) is 13.7. The lowest BCUT2D eigenvalue weighted by atomic mass is 10.0. The average molecular weight is 304 g/mol. The van der Waals surface area contributed by atoms with Crippen molar-refractivity contribution in [2.45, 2.75) is 53.2 Å². The van der Waals surface area contributed by atoms with Crippen molar-refractivity contribution in [1.29, 1.82) is 0 Å². The Balaban J connectivity index is 3.18. The summed E-state index contributed by atoms with van der Waals surface area (Å²) in [5.74, 6) is -0.950. The van der Waals surface area contributed by atoms with E-state index >= 15 is 0 Å². The number of aryl methyl sites for hydroxylation is 1. The number of rotatable bonds is 7. The average Bonchev–Trinajstić information content (AvgIpc) is 2.45. The molecular weight excluding hydrogens is 280 g/mol. The summed E-state index contributed by atoms with van der Waals surface area (Å²) in [6.45, 7) is 6.72. The highest BCUT2D eigenvalue weighted by atomic mass is 16.7. The molecule has 0 fully saturated rings. The van der Waals surface area contributed by atoms with Crippen LogP contribution in [0.2, 0.25) is 0 Å². The predicted octanol–water partition coefficient (Wildman–Crippen LogP) is 3.88. The summed E-state index contributed by atoms with van der Waals surface area (Å²) >= 11 is 0. The van der Waals surface area contributed by atoms with Gasteiger partial charge in [-0.1, -0.05) is 44.5 Å². The molecule has 1 aromatic rings. The first-order chi connectivity index (χ1) is 10.5. The molecule has 0 aliphatic rings. The first-order valence-corrected chi connectivity index (χ1v) is 7.60. The van der Waals surface area contributed by atoms with Crippen LogP contribution >= 0.6 is 0 Å². The number of carbonyl (C=O) groups is 2. The zero-order valence-corrected chi connectivity index (χ0v) is 13.7. The standard InChI is InChI=1S/C18H24O4/c1-5-9-17(18(21-13(3)19)22-14(4)20)12-16-11-8-7-10-15(16)6-2/h7-8,10-12,18H,5-6,9H2,1-4H3. The third-order valence-electron chi connectivity index (χ3n) is 3.16. The first-order valence-electron chi connectivity index (χ1n) is 7.60. The minimum Gasteiger partial charge on any atom is -0.421 e. The molecule has 1 aromatic carbocycles. The van der Waals surface area contributed by atoms with E-state index in [1.807, 2.05) is 31.2 Å². The molecule has 22 heavy (non-hydrogen) atoms. The van der Waals surface area contributed by atoms with Crippen molar-refractivity contribution in [3.8, 4) is 0 Å². The van der Waals surface area contributed by atoms with Crippen LogP contribution in [0.5, 0.6) is 0 Å². The summed E-state index contributed by atoms with van der Waals surface area (Å²) in [5, 5.41) is 0. The molecule has 0 heterocycles. The van der Waals surface area contributed by atoms with Gasteiger partial charge in [0.15, 0.2) is 0 Å². The van der Waals surface area contributed by atoms with E-state index in [0.717, 1.165) is 24.0 Å². The Morgan fingerprint density at radius 1 is 1.09 bits per heavy atom. The molecule has 0 atom stereocenters. The fourth-order valence-electron chi connectivity index (χ4n) is 2.22. The molecule has 0 spiro atoms. The Hall–Kier alpha value is -2.10. The van der Waals surface area contributed by atoms with Gasteiger partial charge < -0.3 is 9.47 Å². The van der Waals surface area contributed by atoms with E-state index in [1.165, 1.54) is 19.4 Å². The fourth-order valence-corrected chi connectivity index (χ4v) is 2.22. The molecule has 0 N–H and O–H groups in total. The lowest BCUT2D eigenvalue weighted by Gasteiger charge is -2.20. The maximum atomic E-state index is 11.3. The van der Waals surface area contributed by atoms with E-state index in [9.17, 15) is 9.59 Å². The predicted molar refractivity (Wildman–Crippen MR) is 86.0 cm³/mol. The van der Waals surface area contributed by atoms with Crippen molar-refractivity contribution in [2.24, 2.45) is 0 Å². The van der Waals surface area contributed by atoms with Crippen LogP contribution in [0.3, 0.4) is 0 Å². The maximum absolute atomic E-state index is 11.3. The van der Waals surface area contributed by atoms with Gasteiger partial charge in [0.1, 0.15) is 0 Å². The van der Waals surface area contributed by atoms with E-state index in [4.69, 9.17) is 9.47 Å². The second kappa shape index (κ2) is 9.03. The van der Waals surface area contributed by atoms with Gasteiger partial charge in [-0.3, -0.25) is 9.59 Å². The van der Waals surface area contributed by atoms with Gasteiger partial charge in [-0.15, -0.1) is 0 Å². The van der Waals surface area contributed by atoms with Crippen molar-refractivity contribution in [2.75, 3.05) is 0 Å². The minimum atomic E-state index is -0.958. The summed E-state index contributed by atoms with van der Waals surface area (Å²) in [5.41, 5.74) is 3.03. The third kappa shape index (κ3) is 5.72. The van der Waals surface area contributed by atoms with Gasteiger partial charge in [0.25, 0.3) is 6.29 Å². The van der Waals surface area contributed by atoms with Crippen LogP contribution < -0.4 is 0 Å². The Labute approximate surface area is 132 Å². The number of esters is 2. The Morgan fingerprint density at radius 3 is 2.18 bits per heavy atom. The van der Waals surface area contributed by atoms with Crippen molar-refractivity contribution >= 4 is 18.0 Å². The zero-order chi connectivity index (χ0) is 16.5. The number of hydrogen-bond donors (Lipinski definition) is 0. The molecule has 0 amide bonds. The van der Waals surface area contributed by atoms with Gasteiger partial charge in [0, 0.05) is 19.4 Å². The SMILES string of the molecule is CCCC(=Cc1ccccc1CC)C(OC(C)=O)OC(C)=O. The van der Waals surface area contributed by atoms with E-state index in [1.54, 1.807) is 0 Å². The minimum absolute atomic E-state index is 0.475. The summed E-state index contributed by atoms with van der Waals surface area (Å²) < 4.78 is 10.3. The third-order valence-corrected chi connectivity index (χ3v) is 3.16. The van der Waals surface area contributed by atoms with Gasteiger partial charge in [0.05, 0.1) is 0 Å². The smallest absolute Gasteiger partial charge is 0.305 e. The molecule has 4 nitrogen and oxygen atoms in total. The van der Waals surface area contributed by atoms with Gasteiger partial charge >= 0.3 is 11.9 Å². The first kappa shape index (κ1) is 18.0. The lowest BCUT2D eigenvalue weighted by molar-refractivity contribution is -0.178. The lowest BCUT2D eigenvalue weighted by Crippen LogP contribution is -2.24. The molecule has 1 rings (SSSR count). The summed E-state index contributed by atoms with van der Waals surface area (Å²) in [4.78, 5) is 22.6. The Kier molecular flexibility index (Phi) is 7.37. The summed E-state index contributed by atoms with van der Waals surface area (Å²) in [6.07, 6.45) is 3.44. The highest BCUT2D eigenvalue weighted by Crippen LogP contribution is 2.21. The Bertz CT molecular complexity index is 530. The van der Waals surface area contributed by atoms with E-state index < -0.39 is 18.2 Å². The molecule has 0 saturated carbocycles. The molecule has 0 aliphatic heterocycles. The van der Waals surface area contributed by atoms with E-state index in [0.29, 0.717) is 6.42 Å². The molecule has 120 valence electrons. The molecule has 4 heteroatoms. The van der Waals surface area contributed by atoms with Crippen LogP contribution in [0, 0.1) is 0 Å². The second-order valence-electron chi connectivity index (χ2n) is 5.07. The topological polar surface area (TPSA) is 52.6 Å². The van der Waals surface area contributed by atoms with Gasteiger partial charge in [0.2, 0.25) is 0 Å². The van der Waals surface area contributed by atoms with E-state index in [2.05, 4.69) is 13.0 Å². The number of hydrogen-bond acceptors (Lipinski definition) is 4. The fraction of sp³-hybridized carbons (Fsp3) is 0.444. The van der Waals surface area contributed by atoms with Gasteiger partial charge in [-0.2, -0.15) is 0 Å². The number of carbonyl (C=O) groups excluding carboxylic acids is 2. The highest BCUT2D eigenvalue weighted by molar-refractivity contribution is 5.69. The van der Waals surface area contributed by atoms with Crippen LogP contribution in [0.4, 0.5) is 0 Å². The van der Waals surface area contributed by atoms with Crippen molar-refractivity contribution < 1.29 is 19.1 Å². The van der Waals surface area contributed by atoms with Crippen LogP contribution in [0.15, 0.2) is 29.8 Å². The molecule has 0 bridgehead atoms. The summed E-state index contributed by atoms with van der Waals surface area (Å²) in [6, 6.07) is 8.02. The molecule has 0 saturated heterocycles.